The molecule has 0 atom stereocenters. The van der Waals surface area contributed by atoms with Gasteiger partial charge < -0.3 is 9.47 Å². The van der Waals surface area contributed by atoms with Crippen LogP contribution in [0.25, 0.3) is 6.08 Å². The van der Waals surface area contributed by atoms with Crippen LogP contribution >= 0.6 is 0 Å². The van der Waals surface area contributed by atoms with E-state index in [2.05, 4.69) is 19.1 Å². The van der Waals surface area contributed by atoms with Crippen molar-refractivity contribution in [3.8, 4) is 0 Å². The lowest BCUT2D eigenvalue weighted by molar-refractivity contribution is -0.176. The molecule has 0 fully saturated rings. The second-order valence-corrected chi connectivity index (χ2v) is 5.85. The molecule has 0 heterocycles. The maximum atomic E-state index is 11.0. The number of carbonyl (C=O) groups excluding carboxylic acids is 2. The van der Waals surface area contributed by atoms with Crippen LogP contribution in [0, 0.1) is 0 Å². The van der Waals surface area contributed by atoms with Crippen molar-refractivity contribution in [1.29, 1.82) is 0 Å². The molecule has 1 rings (SSSR count). The molecule has 0 amide bonds. The normalized spacial score (nSPS) is 11.0. The van der Waals surface area contributed by atoms with Crippen LogP contribution in [0.1, 0.15) is 64.0 Å². The van der Waals surface area contributed by atoms with E-state index < -0.39 is 18.2 Å². The molecule has 1 aromatic rings. The summed E-state index contributed by atoms with van der Waals surface area (Å²) in [4.78, 5) is 22.0. The number of hydrogen-bond acceptors (Lipinski definition) is 4. The molecule has 4 nitrogen and oxygen atoms in total. The summed E-state index contributed by atoms with van der Waals surface area (Å²) in [6, 6.07) is 8.23. The third kappa shape index (κ3) is 9.13. The van der Waals surface area contributed by atoms with Gasteiger partial charge in [-0.25, -0.2) is 0 Å². The van der Waals surface area contributed by atoms with Gasteiger partial charge in [0.25, 0.3) is 6.29 Å². The number of aryl methyl sites for hydroxylation is 1. The molecule has 1 aromatic carbocycles. The van der Waals surface area contributed by atoms with Crippen molar-refractivity contribution in [1.82, 2.24) is 0 Å². The number of carbonyl (C=O) groups is 2. The first-order valence-corrected chi connectivity index (χ1v) is 8.63. The zero-order chi connectivity index (χ0) is 17.8. The van der Waals surface area contributed by atoms with Gasteiger partial charge in [-0.2, -0.15) is 0 Å². The van der Waals surface area contributed by atoms with Crippen molar-refractivity contribution < 1.29 is 19.1 Å². The van der Waals surface area contributed by atoms with E-state index in [-0.39, 0.29) is 0 Å². The molecule has 0 spiro atoms. The van der Waals surface area contributed by atoms with Crippen LogP contribution in [0.4, 0.5) is 0 Å². The fourth-order valence-corrected chi connectivity index (χ4v) is 2.35. The Hall–Kier alpha value is -2.10. The van der Waals surface area contributed by atoms with E-state index in [0.717, 1.165) is 12.0 Å². The Balaban J connectivity index is 2.51. The van der Waals surface area contributed by atoms with Crippen molar-refractivity contribution in [2.45, 2.75) is 65.6 Å². The smallest absolute Gasteiger partial charge is 0.305 e. The van der Waals surface area contributed by atoms with E-state index in [0.29, 0.717) is 0 Å². The fourth-order valence-electron chi connectivity index (χ4n) is 2.35. The minimum atomic E-state index is -0.988. The number of benzene rings is 1. The summed E-state index contributed by atoms with van der Waals surface area (Å²) in [5.41, 5.74) is 2.29. The SMILES string of the molecule is CCCCCCCc1ccc(/C=C/C(OC(C)=O)OC(C)=O)cc1. The third-order valence-electron chi connectivity index (χ3n) is 3.56. The molecule has 0 bridgehead atoms. The topological polar surface area (TPSA) is 52.6 Å². The zero-order valence-electron chi connectivity index (χ0n) is 14.9. The molecule has 0 radical (unpaired) electrons. The molecular formula is C20H28O4. The van der Waals surface area contributed by atoms with Gasteiger partial charge in [-0.1, -0.05) is 62.9 Å². The highest BCUT2D eigenvalue weighted by molar-refractivity contribution is 5.68. The molecule has 0 saturated carbocycles. The molecule has 0 aromatic heterocycles. The molecule has 132 valence electrons. The Morgan fingerprint density at radius 1 is 0.958 bits per heavy atom. The summed E-state index contributed by atoms with van der Waals surface area (Å²) in [5, 5.41) is 0. The highest BCUT2D eigenvalue weighted by Gasteiger charge is 2.10. The number of hydrogen-bond donors (Lipinski definition) is 0. The maximum absolute atomic E-state index is 11.0. The van der Waals surface area contributed by atoms with E-state index in [1.54, 1.807) is 12.2 Å². The average Bonchev–Trinajstić information content (AvgIpc) is 2.52. The number of esters is 2. The zero-order valence-corrected chi connectivity index (χ0v) is 14.9. The van der Waals surface area contributed by atoms with E-state index in [1.165, 1.54) is 51.5 Å². The van der Waals surface area contributed by atoms with Crippen molar-refractivity contribution in [3.05, 3.63) is 41.5 Å². The van der Waals surface area contributed by atoms with E-state index >= 15 is 0 Å². The standard InChI is InChI=1S/C20H28O4/c1-4-5-6-7-8-9-18-10-12-19(13-11-18)14-15-20(23-16(2)21)24-17(3)22/h10-15,20H,4-9H2,1-3H3/b15-14+. The van der Waals surface area contributed by atoms with Crippen LogP contribution in [-0.2, 0) is 25.5 Å². The second kappa shape index (κ2) is 11.4. The molecule has 24 heavy (non-hydrogen) atoms. The van der Waals surface area contributed by atoms with Crippen LogP contribution in [0.15, 0.2) is 30.3 Å². The molecule has 4 heteroatoms. The Labute approximate surface area is 144 Å². The Morgan fingerprint density at radius 3 is 2.08 bits per heavy atom. The van der Waals surface area contributed by atoms with Gasteiger partial charge in [0.1, 0.15) is 0 Å². The van der Waals surface area contributed by atoms with Gasteiger partial charge in [0.2, 0.25) is 0 Å². The van der Waals surface area contributed by atoms with Crippen LogP contribution in [-0.4, -0.2) is 18.2 Å². The van der Waals surface area contributed by atoms with Gasteiger partial charge in [-0.3, -0.25) is 9.59 Å². The monoisotopic (exact) mass is 332 g/mol. The van der Waals surface area contributed by atoms with Crippen LogP contribution in [0.2, 0.25) is 0 Å². The lowest BCUT2D eigenvalue weighted by Crippen LogP contribution is -2.19. The van der Waals surface area contributed by atoms with Crippen LogP contribution in [0.5, 0.6) is 0 Å². The van der Waals surface area contributed by atoms with E-state index in [9.17, 15) is 9.59 Å². The first-order valence-electron chi connectivity index (χ1n) is 8.63. The van der Waals surface area contributed by atoms with E-state index in [1.807, 2.05) is 12.1 Å². The average molecular weight is 332 g/mol. The molecular weight excluding hydrogens is 304 g/mol. The van der Waals surface area contributed by atoms with Gasteiger partial charge in [0.05, 0.1) is 0 Å². The van der Waals surface area contributed by atoms with Crippen molar-refractivity contribution in [3.63, 3.8) is 0 Å². The van der Waals surface area contributed by atoms with Crippen molar-refractivity contribution in [2.24, 2.45) is 0 Å². The van der Waals surface area contributed by atoms with Crippen LogP contribution in [0.3, 0.4) is 0 Å². The van der Waals surface area contributed by atoms with Crippen molar-refractivity contribution in [2.75, 3.05) is 0 Å². The summed E-state index contributed by atoms with van der Waals surface area (Å²) < 4.78 is 9.85. The summed E-state index contributed by atoms with van der Waals surface area (Å²) in [6.07, 6.45) is 9.83. The minimum Gasteiger partial charge on any atom is -0.421 e. The van der Waals surface area contributed by atoms with Gasteiger partial charge in [-0.05, 0) is 30.0 Å². The summed E-state index contributed by atoms with van der Waals surface area (Å²) >= 11 is 0. The molecule has 0 saturated heterocycles. The minimum absolute atomic E-state index is 0.496. The maximum Gasteiger partial charge on any atom is 0.305 e. The van der Waals surface area contributed by atoms with E-state index in [4.69, 9.17) is 9.47 Å². The van der Waals surface area contributed by atoms with Gasteiger partial charge in [0, 0.05) is 13.8 Å². The quantitative estimate of drug-likeness (QED) is 0.355. The lowest BCUT2D eigenvalue weighted by Gasteiger charge is -2.12. The number of rotatable bonds is 10. The fraction of sp³-hybridized carbons (Fsp3) is 0.500. The largest absolute Gasteiger partial charge is 0.421 e. The predicted octanol–water partition coefficient (Wildman–Crippen LogP) is 4.67. The molecule has 0 unspecified atom stereocenters. The van der Waals surface area contributed by atoms with Gasteiger partial charge in [-0.15, -0.1) is 0 Å². The highest BCUT2D eigenvalue weighted by atomic mass is 16.7. The number of unbranched alkanes of at least 4 members (excludes halogenated alkanes) is 4. The summed E-state index contributed by atoms with van der Waals surface area (Å²) in [7, 11) is 0. The van der Waals surface area contributed by atoms with Gasteiger partial charge >= 0.3 is 11.9 Å². The molecule has 0 aliphatic rings. The first-order chi connectivity index (χ1) is 11.5. The summed E-state index contributed by atoms with van der Waals surface area (Å²) in [6.45, 7) is 4.78. The first kappa shape index (κ1) is 19.9. The highest BCUT2D eigenvalue weighted by Crippen LogP contribution is 2.12. The van der Waals surface area contributed by atoms with Crippen LogP contribution < -0.4 is 0 Å². The third-order valence-corrected chi connectivity index (χ3v) is 3.56. The van der Waals surface area contributed by atoms with Crippen molar-refractivity contribution >= 4 is 18.0 Å². The molecule has 0 N–H and O–H groups in total. The van der Waals surface area contributed by atoms with Gasteiger partial charge in [0.15, 0.2) is 0 Å². The molecule has 0 aliphatic heterocycles. The predicted molar refractivity (Wildman–Crippen MR) is 95.3 cm³/mol. The number of ether oxygens (including phenoxy) is 2. The summed E-state index contributed by atoms with van der Waals surface area (Å²) in [5.74, 6) is -0.992. The Kier molecular flexibility index (Phi) is 9.51. The Morgan fingerprint density at radius 2 is 1.54 bits per heavy atom. The second-order valence-electron chi connectivity index (χ2n) is 5.85. The lowest BCUT2D eigenvalue weighted by atomic mass is 10.0. The Bertz CT molecular complexity index is 515. The molecule has 0 aliphatic carbocycles.